The van der Waals surface area contributed by atoms with Crippen LogP contribution in [0.4, 0.5) is 11.4 Å². The summed E-state index contributed by atoms with van der Waals surface area (Å²) in [5.41, 5.74) is 2.67. The molecule has 11 heteroatoms. The van der Waals surface area contributed by atoms with Crippen molar-refractivity contribution in [1.29, 1.82) is 5.26 Å². The number of hydrogen-bond donors (Lipinski definition) is 1. The molecule has 0 bridgehead atoms. The van der Waals surface area contributed by atoms with E-state index in [-0.39, 0.29) is 48.6 Å². The number of carbonyl (C=O) groups is 3. The van der Waals surface area contributed by atoms with E-state index in [1.165, 1.54) is 15.9 Å². The Kier molecular flexibility index (Phi) is 9.79. The Morgan fingerprint density at radius 1 is 1.12 bits per heavy atom. The number of halogens is 1. The average molecular weight is 597 g/mol. The lowest BCUT2D eigenvalue weighted by Crippen LogP contribution is -2.54. The second kappa shape index (κ2) is 12.7. The van der Waals surface area contributed by atoms with Crippen LogP contribution in [0, 0.1) is 24.2 Å². The number of hydrogen-bond acceptors (Lipinski definition) is 6. The summed E-state index contributed by atoms with van der Waals surface area (Å²) < 4.78 is 24.2. The number of nitrogens with zero attached hydrogens (tertiary/aromatic N) is 3. The van der Waals surface area contributed by atoms with Gasteiger partial charge in [0.1, 0.15) is 11.8 Å². The number of benzene rings is 3. The van der Waals surface area contributed by atoms with Crippen LogP contribution >= 0.6 is 12.4 Å². The molecule has 1 aliphatic rings. The van der Waals surface area contributed by atoms with Gasteiger partial charge in [0.05, 0.1) is 36.1 Å². The van der Waals surface area contributed by atoms with Gasteiger partial charge in [-0.3, -0.25) is 14.4 Å². The van der Waals surface area contributed by atoms with E-state index in [4.69, 9.17) is 0 Å². The lowest BCUT2D eigenvalue weighted by Gasteiger charge is -2.27. The molecule has 0 saturated heterocycles. The molecule has 3 aromatic carbocycles. The number of sulfone groups is 1. The molecule has 41 heavy (non-hydrogen) atoms. The maximum absolute atomic E-state index is 14.2. The molecule has 0 fully saturated rings. The topological polar surface area (TPSA) is 128 Å². The van der Waals surface area contributed by atoms with E-state index in [2.05, 4.69) is 11.4 Å². The van der Waals surface area contributed by atoms with Gasteiger partial charge in [0.15, 0.2) is 9.84 Å². The first-order chi connectivity index (χ1) is 18.9. The molecular formula is C30H33ClN4O5S. The molecule has 0 saturated carbocycles. The SMILES string of the molecule is CC[C@@H](C)C(=O)N[C@H]1CN(C(=O)CS(C)(=O)=O)c2cc(C#N)ccc2N(Cc2c(C)ccc3ccccc23)C1=O.Cl. The van der Waals surface area contributed by atoms with E-state index in [0.29, 0.717) is 12.1 Å². The normalized spacial score (nSPS) is 15.8. The Balaban J connectivity index is 0.00000462. The molecule has 4 rings (SSSR count). The second-order valence-corrected chi connectivity index (χ2v) is 12.4. The smallest absolute Gasteiger partial charge is 0.251 e. The van der Waals surface area contributed by atoms with Gasteiger partial charge < -0.3 is 15.1 Å². The summed E-state index contributed by atoms with van der Waals surface area (Å²) >= 11 is 0. The van der Waals surface area contributed by atoms with Gasteiger partial charge >= 0.3 is 0 Å². The fourth-order valence-electron chi connectivity index (χ4n) is 4.82. The first-order valence-corrected chi connectivity index (χ1v) is 15.1. The number of aryl methyl sites for hydroxylation is 1. The minimum Gasteiger partial charge on any atom is -0.342 e. The minimum absolute atomic E-state index is 0. The van der Waals surface area contributed by atoms with Crippen LogP contribution in [-0.2, 0) is 30.8 Å². The maximum Gasteiger partial charge on any atom is 0.251 e. The molecule has 3 aromatic rings. The third-order valence-corrected chi connectivity index (χ3v) is 8.04. The number of carbonyl (C=O) groups excluding carboxylic acids is 3. The monoisotopic (exact) mass is 596 g/mol. The standard InChI is InChI=1S/C30H32N4O5S.ClH/c1-5-19(2)29(36)32-25-17-33(28(35)18-40(4,38)39)27-14-21(15-31)11-13-26(27)34(30(25)37)16-24-20(3)10-12-22-8-6-7-9-23(22)24;/h6-14,19,25H,5,16-18H2,1-4H3,(H,32,36);1H/t19-,25+;/m1./s1. The van der Waals surface area contributed by atoms with Gasteiger partial charge in [-0.15, -0.1) is 12.4 Å². The van der Waals surface area contributed by atoms with Crippen LogP contribution in [-0.4, -0.2) is 50.7 Å². The molecule has 1 heterocycles. The number of amides is 3. The zero-order chi connectivity index (χ0) is 29.2. The first-order valence-electron chi connectivity index (χ1n) is 13.0. The van der Waals surface area contributed by atoms with Crippen LogP contribution < -0.4 is 15.1 Å². The van der Waals surface area contributed by atoms with Gasteiger partial charge in [0.2, 0.25) is 11.8 Å². The van der Waals surface area contributed by atoms with Crippen molar-refractivity contribution in [2.75, 3.05) is 28.4 Å². The lowest BCUT2D eigenvalue weighted by molar-refractivity contribution is -0.129. The van der Waals surface area contributed by atoms with E-state index in [1.54, 1.807) is 19.1 Å². The molecule has 9 nitrogen and oxygen atoms in total. The van der Waals surface area contributed by atoms with E-state index in [9.17, 15) is 28.1 Å². The van der Waals surface area contributed by atoms with Crippen molar-refractivity contribution < 1.29 is 22.8 Å². The van der Waals surface area contributed by atoms with Crippen LogP contribution in [0.3, 0.4) is 0 Å². The third kappa shape index (κ3) is 6.87. The zero-order valence-electron chi connectivity index (χ0n) is 23.4. The van der Waals surface area contributed by atoms with E-state index in [1.807, 2.05) is 50.2 Å². The van der Waals surface area contributed by atoms with Crippen molar-refractivity contribution in [1.82, 2.24) is 5.32 Å². The summed E-state index contributed by atoms with van der Waals surface area (Å²) in [5, 5.41) is 14.4. The van der Waals surface area contributed by atoms with Gasteiger partial charge in [-0.25, -0.2) is 8.42 Å². The van der Waals surface area contributed by atoms with Crippen LogP contribution in [0.5, 0.6) is 0 Å². The van der Waals surface area contributed by atoms with Crippen LogP contribution in [0.15, 0.2) is 54.6 Å². The van der Waals surface area contributed by atoms with Crippen molar-refractivity contribution in [3.8, 4) is 6.07 Å². The fourth-order valence-corrected chi connectivity index (χ4v) is 5.43. The van der Waals surface area contributed by atoms with E-state index < -0.39 is 33.4 Å². The maximum atomic E-state index is 14.2. The van der Waals surface area contributed by atoms with E-state index in [0.717, 1.165) is 28.2 Å². The Morgan fingerprint density at radius 3 is 2.49 bits per heavy atom. The summed E-state index contributed by atoms with van der Waals surface area (Å²) in [7, 11) is -3.71. The van der Waals surface area contributed by atoms with Crippen molar-refractivity contribution >= 4 is 62.1 Å². The van der Waals surface area contributed by atoms with Crippen molar-refractivity contribution in [3.63, 3.8) is 0 Å². The predicted molar refractivity (Wildman–Crippen MR) is 162 cm³/mol. The number of anilines is 2. The molecule has 0 spiro atoms. The van der Waals surface area contributed by atoms with Crippen molar-refractivity contribution in [3.05, 3.63) is 71.3 Å². The van der Waals surface area contributed by atoms with Gasteiger partial charge in [-0.1, -0.05) is 50.2 Å². The van der Waals surface area contributed by atoms with Gasteiger partial charge in [-0.05, 0) is 53.4 Å². The fraction of sp³-hybridized carbons (Fsp3) is 0.333. The molecule has 1 aliphatic heterocycles. The van der Waals surface area contributed by atoms with E-state index >= 15 is 0 Å². The molecule has 0 unspecified atom stereocenters. The summed E-state index contributed by atoms with van der Waals surface area (Å²) in [6, 6.07) is 17.3. The molecule has 2 atom stereocenters. The summed E-state index contributed by atoms with van der Waals surface area (Å²) in [5.74, 6) is -2.70. The van der Waals surface area contributed by atoms with Crippen LogP contribution in [0.2, 0.25) is 0 Å². The first kappa shape index (κ1) is 31.6. The number of nitriles is 1. The highest BCUT2D eigenvalue weighted by Crippen LogP contribution is 2.36. The summed E-state index contributed by atoms with van der Waals surface area (Å²) in [6.07, 6.45) is 1.51. The highest BCUT2D eigenvalue weighted by molar-refractivity contribution is 7.91. The van der Waals surface area contributed by atoms with Crippen LogP contribution in [0.25, 0.3) is 10.8 Å². The summed E-state index contributed by atoms with van der Waals surface area (Å²) in [4.78, 5) is 43.2. The molecular weight excluding hydrogens is 564 g/mol. The number of rotatable bonds is 7. The predicted octanol–water partition coefficient (Wildman–Crippen LogP) is 3.90. The van der Waals surface area contributed by atoms with Gasteiger partial charge in [-0.2, -0.15) is 5.26 Å². The Bertz CT molecular complexity index is 1650. The number of fused-ring (bicyclic) bond motifs is 2. The highest BCUT2D eigenvalue weighted by atomic mass is 35.5. The Labute approximate surface area is 246 Å². The van der Waals surface area contributed by atoms with Gasteiger partial charge in [0.25, 0.3) is 5.91 Å². The van der Waals surface area contributed by atoms with Gasteiger partial charge in [0, 0.05) is 12.2 Å². The largest absolute Gasteiger partial charge is 0.342 e. The van der Waals surface area contributed by atoms with Crippen molar-refractivity contribution in [2.24, 2.45) is 5.92 Å². The summed E-state index contributed by atoms with van der Waals surface area (Å²) in [6.45, 7) is 5.41. The Hall–Kier alpha value is -3.94. The quantitative estimate of drug-likeness (QED) is 0.441. The number of nitrogens with one attached hydrogen (secondary N) is 1. The zero-order valence-corrected chi connectivity index (χ0v) is 25.0. The highest BCUT2D eigenvalue weighted by Gasteiger charge is 2.38. The molecule has 0 aliphatic carbocycles. The van der Waals surface area contributed by atoms with Crippen molar-refractivity contribution in [2.45, 2.75) is 39.8 Å². The Morgan fingerprint density at radius 2 is 1.83 bits per heavy atom. The molecule has 216 valence electrons. The molecule has 3 amide bonds. The molecule has 1 N–H and O–H groups in total. The van der Waals surface area contributed by atoms with Crippen LogP contribution in [0.1, 0.15) is 37.0 Å². The molecule has 0 aromatic heterocycles. The molecule has 0 radical (unpaired) electrons. The minimum atomic E-state index is -3.71. The second-order valence-electron chi connectivity index (χ2n) is 10.3. The third-order valence-electron chi connectivity index (χ3n) is 7.27. The average Bonchev–Trinajstić information content (AvgIpc) is 3.03. The lowest BCUT2D eigenvalue weighted by atomic mass is 9.98.